The Labute approximate surface area is 126 Å². The molecule has 1 heterocycles. The number of nitrogens with one attached hydrogen (secondary N) is 1. The minimum absolute atomic E-state index is 0.221. The van der Waals surface area contributed by atoms with Crippen molar-refractivity contribution in [1.82, 2.24) is 10.2 Å². The van der Waals surface area contributed by atoms with Gasteiger partial charge < -0.3 is 10.2 Å². The first-order valence-corrected chi connectivity index (χ1v) is 8.40. The van der Waals surface area contributed by atoms with Crippen LogP contribution in [0.1, 0.15) is 51.4 Å². The van der Waals surface area contributed by atoms with Gasteiger partial charge >= 0.3 is 0 Å². The Morgan fingerprint density at radius 3 is 2.33 bits per heavy atom. The summed E-state index contributed by atoms with van der Waals surface area (Å²) in [7, 11) is 0. The van der Waals surface area contributed by atoms with Crippen molar-refractivity contribution in [2.24, 2.45) is 11.8 Å². The van der Waals surface area contributed by atoms with Crippen LogP contribution in [-0.2, 0) is 4.79 Å². The van der Waals surface area contributed by atoms with E-state index in [-0.39, 0.29) is 5.91 Å². The highest BCUT2D eigenvalue weighted by Crippen LogP contribution is 2.27. The standard InChI is InChI=1S/C16H28F2N2O/c17-15(18)11-19-16(21)10-13-6-8-20(9-7-13)12-14-4-2-1-3-5-14/h13-15H,1-12H2,(H,19,21). The molecule has 1 N–H and O–H groups in total. The summed E-state index contributed by atoms with van der Waals surface area (Å²) in [5.41, 5.74) is 0. The molecule has 2 rings (SSSR count). The van der Waals surface area contributed by atoms with Crippen LogP contribution in [0.15, 0.2) is 0 Å². The number of nitrogens with zero attached hydrogens (tertiary/aromatic N) is 1. The summed E-state index contributed by atoms with van der Waals surface area (Å²) in [6.45, 7) is 2.82. The molecular weight excluding hydrogens is 274 g/mol. The second kappa shape index (κ2) is 8.66. The van der Waals surface area contributed by atoms with Crippen molar-refractivity contribution >= 4 is 5.91 Å². The second-order valence-electron chi connectivity index (χ2n) is 6.65. The molecule has 1 aliphatic carbocycles. The van der Waals surface area contributed by atoms with Gasteiger partial charge in [-0.2, -0.15) is 0 Å². The molecule has 21 heavy (non-hydrogen) atoms. The third kappa shape index (κ3) is 6.29. The van der Waals surface area contributed by atoms with Crippen LogP contribution in [0.5, 0.6) is 0 Å². The van der Waals surface area contributed by atoms with Crippen LogP contribution < -0.4 is 5.32 Å². The molecule has 3 nitrogen and oxygen atoms in total. The van der Waals surface area contributed by atoms with Crippen molar-refractivity contribution in [1.29, 1.82) is 0 Å². The molecule has 0 unspecified atom stereocenters. The lowest BCUT2D eigenvalue weighted by atomic mass is 9.87. The average Bonchev–Trinajstić information content (AvgIpc) is 2.48. The third-order valence-electron chi connectivity index (χ3n) is 4.88. The molecule has 1 amide bonds. The van der Waals surface area contributed by atoms with Gasteiger partial charge in [0.2, 0.25) is 5.91 Å². The molecule has 122 valence electrons. The fourth-order valence-corrected chi connectivity index (χ4v) is 3.63. The van der Waals surface area contributed by atoms with E-state index < -0.39 is 13.0 Å². The topological polar surface area (TPSA) is 32.3 Å². The molecular formula is C16H28F2N2O. The van der Waals surface area contributed by atoms with E-state index in [2.05, 4.69) is 10.2 Å². The average molecular weight is 302 g/mol. The number of amides is 1. The van der Waals surface area contributed by atoms with Gasteiger partial charge in [0.05, 0.1) is 6.54 Å². The summed E-state index contributed by atoms with van der Waals surface area (Å²) in [6.07, 6.45) is 6.90. The molecule has 0 atom stereocenters. The van der Waals surface area contributed by atoms with Gasteiger partial charge in [0.1, 0.15) is 0 Å². The van der Waals surface area contributed by atoms with Crippen molar-refractivity contribution < 1.29 is 13.6 Å². The first-order valence-electron chi connectivity index (χ1n) is 8.40. The maximum Gasteiger partial charge on any atom is 0.255 e. The summed E-state index contributed by atoms with van der Waals surface area (Å²) < 4.78 is 24.1. The van der Waals surface area contributed by atoms with Gasteiger partial charge in [-0.3, -0.25) is 4.79 Å². The number of hydrogen-bond acceptors (Lipinski definition) is 2. The Bertz CT molecular complexity index is 311. The number of likely N-dealkylation sites (tertiary alicyclic amines) is 1. The predicted octanol–water partition coefficient (Wildman–Crippen LogP) is 3.05. The fourth-order valence-electron chi connectivity index (χ4n) is 3.63. The van der Waals surface area contributed by atoms with Crippen molar-refractivity contribution in [3.63, 3.8) is 0 Å². The van der Waals surface area contributed by atoms with Gasteiger partial charge in [0.25, 0.3) is 6.43 Å². The van der Waals surface area contributed by atoms with Gasteiger partial charge in [-0.1, -0.05) is 19.3 Å². The summed E-state index contributed by atoms with van der Waals surface area (Å²) in [4.78, 5) is 14.1. The number of rotatable bonds is 6. The molecule has 5 heteroatoms. The Balaban J connectivity index is 1.60. The van der Waals surface area contributed by atoms with E-state index in [1.807, 2.05) is 0 Å². The first kappa shape index (κ1) is 16.7. The Morgan fingerprint density at radius 2 is 1.71 bits per heavy atom. The van der Waals surface area contributed by atoms with Gasteiger partial charge in [-0.25, -0.2) is 8.78 Å². The van der Waals surface area contributed by atoms with E-state index in [0.717, 1.165) is 31.8 Å². The monoisotopic (exact) mass is 302 g/mol. The van der Waals surface area contributed by atoms with Gasteiger partial charge in [0, 0.05) is 13.0 Å². The van der Waals surface area contributed by atoms with E-state index in [9.17, 15) is 13.6 Å². The number of piperidine rings is 1. The zero-order chi connectivity index (χ0) is 15.1. The quantitative estimate of drug-likeness (QED) is 0.818. The molecule has 2 fully saturated rings. The second-order valence-corrected chi connectivity index (χ2v) is 6.65. The van der Waals surface area contributed by atoms with E-state index in [0.29, 0.717) is 12.3 Å². The number of carbonyl (C=O) groups excluding carboxylic acids is 1. The fraction of sp³-hybridized carbons (Fsp3) is 0.938. The molecule has 0 spiro atoms. The molecule has 0 radical (unpaired) electrons. The van der Waals surface area contributed by atoms with Crippen LogP contribution in [0.4, 0.5) is 8.78 Å². The summed E-state index contributed by atoms with van der Waals surface area (Å²) in [5, 5.41) is 2.30. The molecule has 0 aromatic rings. The summed E-state index contributed by atoms with van der Waals surface area (Å²) >= 11 is 0. The Morgan fingerprint density at radius 1 is 1.05 bits per heavy atom. The van der Waals surface area contributed by atoms with Crippen molar-refractivity contribution in [2.45, 2.75) is 57.8 Å². The van der Waals surface area contributed by atoms with E-state index in [1.165, 1.54) is 38.6 Å². The molecule has 1 saturated carbocycles. The minimum atomic E-state index is -2.45. The normalized spacial score (nSPS) is 22.6. The highest BCUT2D eigenvalue weighted by atomic mass is 19.3. The van der Waals surface area contributed by atoms with E-state index in [1.54, 1.807) is 0 Å². The zero-order valence-electron chi connectivity index (χ0n) is 12.8. The minimum Gasteiger partial charge on any atom is -0.350 e. The number of halogens is 2. The van der Waals surface area contributed by atoms with E-state index in [4.69, 9.17) is 0 Å². The van der Waals surface area contributed by atoms with Crippen molar-refractivity contribution in [2.75, 3.05) is 26.2 Å². The van der Waals surface area contributed by atoms with Crippen LogP contribution in [-0.4, -0.2) is 43.4 Å². The van der Waals surface area contributed by atoms with Crippen molar-refractivity contribution in [3.8, 4) is 0 Å². The number of alkyl halides is 2. The largest absolute Gasteiger partial charge is 0.350 e. The predicted molar refractivity (Wildman–Crippen MR) is 79.4 cm³/mol. The summed E-state index contributed by atoms with van der Waals surface area (Å²) in [6, 6.07) is 0. The SMILES string of the molecule is O=C(CC1CCN(CC2CCCCC2)CC1)NCC(F)F. The summed E-state index contributed by atoms with van der Waals surface area (Å²) in [5.74, 6) is 1.01. The van der Waals surface area contributed by atoms with Crippen LogP contribution in [0.3, 0.4) is 0 Å². The molecule has 0 bridgehead atoms. The van der Waals surface area contributed by atoms with Crippen LogP contribution >= 0.6 is 0 Å². The van der Waals surface area contributed by atoms with Gasteiger partial charge in [-0.15, -0.1) is 0 Å². The Kier molecular flexibility index (Phi) is 6.87. The lowest BCUT2D eigenvalue weighted by Crippen LogP contribution is -2.39. The first-order chi connectivity index (χ1) is 10.1. The Hall–Kier alpha value is -0.710. The van der Waals surface area contributed by atoms with E-state index >= 15 is 0 Å². The number of carbonyl (C=O) groups is 1. The highest BCUT2D eigenvalue weighted by molar-refractivity contribution is 5.76. The molecule has 1 aliphatic heterocycles. The van der Waals surface area contributed by atoms with Gasteiger partial charge in [0.15, 0.2) is 0 Å². The van der Waals surface area contributed by atoms with Gasteiger partial charge in [-0.05, 0) is 50.6 Å². The maximum absolute atomic E-state index is 12.0. The van der Waals surface area contributed by atoms with Crippen molar-refractivity contribution in [3.05, 3.63) is 0 Å². The zero-order valence-corrected chi connectivity index (χ0v) is 12.8. The van der Waals surface area contributed by atoms with Crippen LogP contribution in [0.25, 0.3) is 0 Å². The highest BCUT2D eigenvalue weighted by Gasteiger charge is 2.24. The molecule has 2 aliphatic rings. The smallest absolute Gasteiger partial charge is 0.255 e. The lowest BCUT2D eigenvalue weighted by Gasteiger charge is -2.35. The third-order valence-corrected chi connectivity index (χ3v) is 4.88. The lowest BCUT2D eigenvalue weighted by molar-refractivity contribution is -0.123. The number of hydrogen-bond donors (Lipinski definition) is 1. The molecule has 0 aromatic carbocycles. The molecule has 1 saturated heterocycles. The molecule has 0 aromatic heterocycles. The maximum atomic E-state index is 12.0. The van der Waals surface area contributed by atoms with Crippen LogP contribution in [0.2, 0.25) is 0 Å². The van der Waals surface area contributed by atoms with Crippen LogP contribution in [0, 0.1) is 11.8 Å².